The Labute approximate surface area is 459 Å². The van der Waals surface area contributed by atoms with E-state index in [1.165, 1.54) is 14.1 Å². The van der Waals surface area contributed by atoms with E-state index < -0.39 is 23.9 Å². The summed E-state index contributed by atoms with van der Waals surface area (Å²) in [5, 5.41) is 67.8. The molecule has 0 spiro atoms. The van der Waals surface area contributed by atoms with Crippen molar-refractivity contribution in [2.45, 2.75) is 0 Å². The SMILES string of the molecule is CNC(=O)Nc1cccc(NC(=O)c2cc3ccc4c5ccccc5[nH]c4c3c(N=Nc3ccc(Nc4ccc(N=Nc5c(O)c(C(=O)Nc6cccc(NC(=O)NC)c6)cc6ccc7c8ccccc8[nH]c7c56)cc4)cc3)c2O)c1. The minimum absolute atomic E-state index is 0.0329. The van der Waals surface area contributed by atoms with E-state index in [4.69, 9.17) is 0 Å². The van der Waals surface area contributed by atoms with Crippen LogP contribution in [0.2, 0.25) is 0 Å². The zero-order valence-corrected chi connectivity index (χ0v) is 43.1. The first kappa shape index (κ1) is 50.2. The molecule has 6 amide bonds. The summed E-state index contributed by atoms with van der Waals surface area (Å²) in [4.78, 5) is 58.8. The molecule has 11 N–H and O–H groups in total. The Morgan fingerprint density at radius 2 is 0.790 bits per heavy atom. The molecule has 0 aliphatic rings. The second-order valence-electron chi connectivity index (χ2n) is 18.9. The molecule has 0 bridgehead atoms. The molecule has 0 saturated heterocycles. The second-order valence-corrected chi connectivity index (χ2v) is 18.9. The van der Waals surface area contributed by atoms with Crippen LogP contribution in [0, 0.1) is 0 Å². The Balaban J connectivity index is 0.810. The summed E-state index contributed by atoms with van der Waals surface area (Å²) in [5.74, 6) is -1.95. The minimum atomic E-state index is -0.600. The van der Waals surface area contributed by atoms with Gasteiger partial charge in [0.15, 0.2) is 11.5 Å². The van der Waals surface area contributed by atoms with Crippen LogP contribution < -0.4 is 37.2 Å². The van der Waals surface area contributed by atoms with Gasteiger partial charge in [0.25, 0.3) is 11.8 Å². The highest BCUT2D eigenvalue weighted by Crippen LogP contribution is 2.46. The fourth-order valence-electron chi connectivity index (χ4n) is 9.84. The van der Waals surface area contributed by atoms with E-state index in [1.54, 1.807) is 84.9 Å². The number of hydrogen-bond acceptors (Lipinski definition) is 11. The van der Waals surface area contributed by atoms with Crippen LogP contribution in [0.25, 0.3) is 65.2 Å². The lowest BCUT2D eigenvalue weighted by Gasteiger charge is -2.13. The number of aromatic hydroxyl groups is 2. The summed E-state index contributed by atoms with van der Waals surface area (Å²) in [6.07, 6.45) is 0. The Kier molecular flexibility index (Phi) is 13.1. The molecule has 0 fully saturated rings. The van der Waals surface area contributed by atoms with Gasteiger partial charge in [-0.1, -0.05) is 72.8 Å². The second kappa shape index (κ2) is 21.1. The number of fused-ring (bicyclic) bond motifs is 10. The number of benzene rings is 10. The van der Waals surface area contributed by atoms with E-state index in [0.717, 1.165) is 55.0 Å². The minimum Gasteiger partial charge on any atom is -0.505 e. The van der Waals surface area contributed by atoms with Crippen molar-refractivity contribution >= 4 is 146 Å². The monoisotopic (exact) mass is 1070 g/mol. The van der Waals surface area contributed by atoms with Crippen molar-refractivity contribution in [1.82, 2.24) is 20.6 Å². The molecule has 0 aliphatic carbocycles. The topological polar surface area (TPSA) is 274 Å². The van der Waals surface area contributed by atoms with Crippen LogP contribution in [0.1, 0.15) is 20.7 Å². The van der Waals surface area contributed by atoms with Gasteiger partial charge in [-0.05, 0) is 120 Å². The third-order valence-corrected chi connectivity index (χ3v) is 13.7. The lowest BCUT2D eigenvalue weighted by molar-refractivity contribution is 0.101. The Morgan fingerprint density at radius 3 is 1.20 bits per heavy atom. The molecule has 0 saturated carbocycles. The van der Waals surface area contributed by atoms with Crippen LogP contribution in [0.4, 0.5) is 66.5 Å². The Bertz CT molecular complexity index is 4300. The highest BCUT2D eigenvalue weighted by Gasteiger charge is 2.24. The van der Waals surface area contributed by atoms with Crippen molar-refractivity contribution in [3.8, 4) is 11.5 Å². The van der Waals surface area contributed by atoms with Gasteiger partial charge in [0.1, 0.15) is 11.4 Å². The molecule has 12 rings (SSSR count). The number of phenols is 2. The summed E-state index contributed by atoms with van der Waals surface area (Å²) in [6.45, 7) is 0. The van der Waals surface area contributed by atoms with Crippen molar-refractivity contribution in [1.29, 1.82) is 0 Å². The molecule has 2 heterocycles. The number of anilines is 6. The number of carbonyl (C=O) groups is 4. The van der Waals surface area contributed by atoms with E-state index in [1.807, 2.05) is 97.1 Å². The lowest BCUT2D eigenvalue weighted by Crippen LogP contribution is -2.24. The standard InChI is InChI=1S/C62H47N13O6/c1-63-61(80)68-41-11-7-9-39(31-41)66-59(78)47-29-33-17-27-45-43-13-3-5-15-49(43)70-53(45)51(33)55(57(47)76)74-72-37-23-19-35(20-24-37)65-36-21-25-38(26-22-36)73-75-56-52-34(18-28-46-44-14-4-6-16-50(44)71-54(46)52)30-48(58(56)77)60(79)67-40-10-8-12-42(32-40)69-62(81)64-2/h3-32,65,70-71,76-77H,1-2H3,(H,66,78)(H,67,79)(H2,63,68,80)(H2,64,69,81). The van der Waals surface area contributed by atoms with Crippen LogP contribution in [0.5, 0.6) is 11.5 Å². The van der Waals surface area contributed by atoms with Gasteiger partial charge in [-0.3, -0.25) is 9.59 Å². The van der Waals surface area contributed by atoms with Gasteiger partial charge < -0.3 is 57.4 Å². The fraction of sp³-hybridized carbons (Fsp3) is 0.0323. The third kappa shape index (κ3) is 9.92. The van der Waals surface area contributed by atoms with Crippen LogP contribution in [0.3, 0.4) is 0 Å². The number of H-pyrrole nitrogens is 2. The van der Waals surface area contributed by atoms with Crippen molar-refractivity contribution < 1.29 is 29.4 Å². The fourth-order valence-corrected chi connectivity index (χ4v) is 9.84. The molecule has 81 heavy (non-hydrogen) atoms. The van der Waals surface area contributed by atoms with Crippen LogP contribution >= 0.6 is 0 Å². The number of hydrogen-bond donors (Lipinski definition) is 11. The molecule has 10 aromatic carbocycles. The third-order valence-electron chi connectivity index (χ3n) is 13.7. The number of nitrogens with one attached hydrogen (secondary N) is 9. The maximum absolute atomic E-state index is 13.9. The number of urea groups is 2. The van der Waals surface area contributed by atoms with Gasteiger partial charge in [-0.15, -0.1) is 10.2 Å². The highest BCUT2D eigenvalue weighted by atomic mass is 16.3. The zero-order chi connectivity index (χ0) is 55.7. The number of nitrogens with zero attached hydrogens (tertiary/aromatic N) is 4. The molecule has 12 aromatic rings. The summed E-state index contributed by atoms with van der Waals surface area (Å²) < 4.78 is 0. The van der Waals surface area contributed by atoms with Crippen LogP contribution in [0.15, 0.2) is 202 Å². The summed E-state index contributed by atoms with van der Waals surface area (Å²) >= 11 is 0. The summed E-state index contributed by atoms with van der Waals surface area (Å²) in [6, 6.07) is 53.4. The van der Waals surface area contributed by atoms with E-state index in [2.05, 4.69) is 67.6 Å². The maximum Gasteiger partial charge on any atom is 0.318 e. The van der Waals surface area contributed by atoms with E-state index >= 15 is 0 Å². The zero-order valence-electron chi connectivity index (χ0n) is 43.1. The molecule has 0 radical (unpaired) electrons. The number of azo groups is 2. The Morgan fingerprint density at radius 1 is 0.395 bits per heavy atom. The van der Waals surface area contributed by atoms with Gasteiger partial charge in [0, 0.05) is 91.6 Å². The molecule has 0 atom stereocenters. The normalized spacial score (nSPS) is 11.5. The molecular weight excluding hydrogens is 1020 g/mol. The van der Waals surface area contributed by atoms with Crippen molar-refractivity contribution in [2.24, 2.45) is 20.5 Å². The first-order valence-corrected chi connectivity index (χ1v) is 25.5. The van der Waals surface area contributed by atoms with Crippen LogP contribution in [-0.4, -0.2) is 58.2 Å². The van der Waals surface area contributed by atoms with Gasteiger partial charge in [-0.2, -0.15) is 10.2 Å². The van der Waals surface area contributed by atoms with E-state index in [0.29, 0.717) is 55.7 Å². The molecular formula is C62H47N13O6. The first-order chi connectivity index (χ1) is 39.5. The number of phenolic OH excluding ortho intramolecular Hbond substituents is 2. The average molecular weight is 1070 g/mol. The van der Waals surface area contributed by atoms with Gasteiger partial charge >= 0.3 is 12.1 Å². The summed E-state index contributed by atoms with van der Waals surface area (Å²) in [7, 11) is 3.00. The molecule has 19 heteroatoms. The first-order valence-electron chi connectivity index (χ1n) is 25.5. The summed E-state index contributed by atoms with van der Waals surface area (Å²) in [5.41, 5.74) is 7.42. The highest BCUT2D eigenvalue weighted by molar-refractivity contribution is 6.24. The predicted octanol–water partition coefficient (Wildman–Crippen LogP) is 15.3. The van der Waals surface area contributed by atoms with Gasteiger partial charge in [0.2, 0.25) is 0 Å². The quantitative estimate of drug-likeness (QED) is 0.0526. The average Bonchev–Trinajstić information content (AvgIpc) is 4.30. The number of amides is 6. The molecule has 0 aliphatic heterocycles. The largest absolute Gasteiger partial charge is 0.505 e. The van der Waals surface area contributed by atoms with Crippen LogP contribution in [-0.2, 0) is 0 Å². The van der Waals surface area contributed by atoms with Crippen molar-refractivity contribution in [3.63, 3.8) is 0 Å². The molecule has 0 unspecified atom stereocenters. The van der Waals surface area contributed by atoms with Crippen molar-refractivity contribution in [2.75, 3.05) is 40.7 Å². The number of rotatable bonds is 12. The maximum atomic E-state index is 13.9. The van der Waals surface area contributed by atoms with Crippen molar-refractivity contribution in [3.05, 3.63) is 193 Å². The van der Waals surface area contributed by atoms with Gasteiger partial charge in [-0.25, -0.2) is 9.59 Å². The Hall–Kier alpha value is -11.6. The molecule has 19 nitrogen and oxygen atoms in total. The van der Waals surface area contributed by atoms with E-state index in [9.17, 15) is 29.4 Å². The van der Waals surface area contributed by atoms with Gasteiger partial charge in [0.05, 0.1) is 33.5 Å². The number of aromatic nitrogens is 2. The molecule has 2 aromatic heterocycles. The number of carbonyl (C=O) groups excluding carboxylic acids is 4. The predicted molar refractivity (Wildman–Crippen MR) is 319 cm³/mol. The lowest BCUT2D eigenvalue weighted by atomic mass is 10.00. The smallest absolute Gasteiger partial charge is 0.318 e. The number of aromatic amines is 2. The van der Waals surface area contributed by atoms with E-state index in [-0.39, 0.29) is 34.0 Å². The number of para-hydroxylation sites is 2. The molecule has 396 valence electrons.